The molecule has 1 fully saturated rings. The van der Waals surface area contributed by atoms with Crippen molar-refractivity contribution >= 4 is 5.69 Å². The van der Waals surface area contributed by atoms with Crippen LogP contribution in [0.25, 0.3) is 0 Å². The summed E-state index contributed by atoms with van der Waals surface area (Å²) in [6.07, 6.45) is 0. The van der Waals surface area contributed by atoms with Crippen LogP contribution in [0.3, 0.4) is 0 Å². The van der Waals surface area contributed by atoms with E-state index in [1.807, 2.05) is 19.2 Å². The zero-order valence-electron chi connectivity index (χ0n) is 12.8. The van der Waals surface area contributed by atoms with Gasteiger partial charge < -0.3 is 10.2 Å². The molecule has 20 heavy (non-hydrogen) atoms. The predicted octanol–water partition coefficient (Wildman–Crippen LogP) is 2.19. The van der Waals surface area contributed by atoms with Crippen molar-refractivity contribution < 1.29 is 4.39 Å². The van der Waals surface area contributed by atoms with Crippen molar-refractivity contribution in [2.45, 2.75) is 13.8 Å². The van der Waals surface area contributed by atoms with Crippen molar-refractivity contribution in [1.82, 2.24) is 10.2 Å². The van der Waals surface area contributed by atoms with E-state index in [-0.39, 0.29) is 5.82 Å². The van der Waals surface area contributed by atoms with Gasteiger partial charge >= 0.3 is 0 Å². The van der Waals surface area contributed by atoms with Crippen molar-refractivity contribution in [1.29, 1.82) is 0 Å². The highest BCUT2D eigenvalue weighted by molar-refractivity contribution is 5.46. The second-order valence-electron chi connectivity index (χ2n) is 6.43. The number of piperazine rings is 1. The lowest BCUT2D eigenvalue weighted by Gasteiger charge is -2.39. The fourth-order valence-corrected chi connectivity index (χ4v) is 2.96. The molecule has 0 bridgehead atoms. The standard InChI is InChI=1S/C16H26FN3/c1-16(2,12-18-3)13-19-8-10-20(11-9-19)15-6-4-14(17)5-7-15/h4-7,18H,8-13H2,1-3H3. The summed E-state index contributed by atoms with van der Waals surface area (Å²) < 4.78 is 12.9. The molecular formula is C16H26FN3. The van der Waals surface area contributed by atoms with Gasteiger partial charge in [-0.25, -0.2) is 4.39 Å². The first-order chi connectivity index (χ1) is 9.50. The largest absolute Gasteiger partial charge is 0.369 e. The average molecular weight is 279 g/mol. The molecule has 1 heterocycles. The molecule has 1 aliphatic heterocycles. The minimum atomic E-state index is -0.166. The Labute approximate surface area is 121 Å². The first-order valence-corrected chi connectivity index (χ1v) is 7.38. The molecule has 4 heteroatoms. The smallest absolute Gasteiger partial charge is 0.123 e. The highest BCUT2D eigenvalue weighted by atomic mass is 19.1. The molecule has 0 amide bonds. The van der Waals surface area contributed by atoms with Gasteiger partial charge in [0, 0.05) is 45.0 Å². The lowest BCUT2D eigenvalue weighted by Crippen LogP contribution is -2.50. The molecule has 1 aromatic rings. The Bertz CT molecular complexity index is 408. The Morgan fingerprint density at radius 3 is 2.25 bits per heavy atom. The maximum atomic E-state index is 12.9. The summed E-state index contributed by atoms with van der Waals surface area (Å²) in [5.41, 5.74) is 1.42. The van der Waals surface area contributed by atoms with Crippen LogP contribution < -0.4 is 10.2 Å². The summed E-state index contributed by atoms with van der Waals surface area (Å²) in [6.45, 7) is 10.9. The molecule has 1 aliphatic rings. The quantitative estimate of drug-likeness (QED) is 0.891. The molecule has 0 saturated carbocycles. The molecule has 2 rings (SSSR count). The minimum Gasteiger partial charge on any atom is -0.369 e. The van der Waals surface area contributed by atoms with E-state index in [2.05, 4.69) is 29.0 Å². The molecule has 1 N–H and O–H groups in total. The molecule has 0 spiro atoms. The average Bonchev–Trinajstić information content (AvgIpc) is 2.40. The fraction of sp³-hybridized carbons (Fsp3) is 0.625. The van der Waals surface area contributed by atoms with Crippen LogP contribution in [0.2, 0.25) is 0 Å². The number of hydrogen-bond acceptors (Lipinski definition) is 3. The zero-order valence-corrected chi connectivity index (χ0v) is 12.8. The van der Waals surface area contributed by atoms with Crippen molar-refractivity contribution in [3.8, 4) is 0 Å². The summed E-state index contributed by atoms with van der Waals surface area (Å²) in [6, 6.07) is 6.82. The number of hydrogen-bond donors (Lipinski definition) is 1. The number of rotatable bonds is 5. The zero-order chi connectivity index (χ0) is 14.6. The van der Waals surface area contributed by atoms with E-state index in [0.29, 0.717) is 5.41 Å². The van der Waals surface area contributed by atoms with Crippen LogP contribution in [0.15, 0.2) is 24.3 Å². The van der Waals surface area contributed by atoms with E-state index in [4.69, 9.17) is 0 Å². The third kappa shape index (κ3) is 4.18. The van der Waals surface area contributed by atoms with Gasteiger partial charge in [-0.3, -0.25) is 4.90 Å². The lowest BCUT2D eigenvalue weighted by molar-refractivity contribution is 0.168. The SMILES string of the molecule is CNCC(C)(C)CN1CCN(c2ccc(F)cc2)CC1. The van der Waals surface area contributed by atoms with Gasteiger partial charge in [0.1, 0.15) is 5.82 Å². The van der Waals surface area contributed by atoms with Crippen LogP contribution in [0.4, 0.5) is 10.1 Å². The maximum Gasteiger partial charge on any atom is 0.123 e. The summed E-state index contributed by atoms with van der Waals surface area (Å²) in [7, 11) is 2.01. The number of nitrogens with one attached hydrogen (secondary N) is 1. The van der Waals surface area contributed by atoms with Crippen LogP contribution in [-0.2, 0) is 0 Å². The molecule has 1 saturated heterocycles. The van der Waals surface area contributed by atoms with Gasteiger partial charge in [0.2, 0.25) is 0 Å². The number of nitrogens with zero attached hydrogens (tertiary/aromatic N) is 2. The van der Waals surface area contributed by atoms with E-state index in [9.17, 15) is 4.39 Å². The molecule has 112 valence electrons. The fourth-order valence-electron chi connectivity index (χ4n) is 2.96. The molecule has 0 atom stereocenters. The third-order valence-electron chi connectivity index (χ3n) is 3.87. The summed E-state index contributed by atoms with van der Waals surface area (Å²) in [5.74, 6) is -0.166. The van der Waals surface area contributed by atoms with Gasteiger partial charge in [0.05, 0.1) is 0 Å². The summed E-state index contributed by atoms with van der Waals surface area (Å²) >= 11 is 0. The highest BCUT2D eigenvalue weighted by Gasteiger charge is 2.24. The maximum absolute atomic E-state index is 12.9. The van der Waals surface area contributed by atoms with Gasteiger partial charge in [-0.15, -0.1) is 0 Å². The van der Waals surface area contributed by atoms with E-state index >= 15 is 0 Å². The van der Waals surface area contributed by atoms with Crippen LogP contribution in [0.1, 0.15) is 13.8 Å². The van der Waals surface area contributed by atoms with Crippen molar-refractivity contribution in [2.24, 2.45) is 5.41 Å². The monoisotopic (exact) mass is 279 g/mol. The first-order valence-electron chi connectivity index (χ1n) is 7.38. The molecule has 1 aromatic carbocycles. The van der Waals surface area contributed by atoms with Crippen molar-refractivity contribution in [2.75, 3.05) is 51.2 Å². The molecular weight excluding hydrogens is 253 g/mol. The molecule has 0 aromatic heterocycles. The number of halogens is 1. The first kappa shape index (κ1) is 15.3. The normalized spacial score (nSPS) is 17.5. The van der Waals surface area contributed by atoms with Crippen LogP contribution in [0.5, 0.6) is 0 Å². The molecule has 3 nitrogen and oxygen atoms in total. The Balaban J connectivity index is 1.84. The molecule has 0 unspecified atom stereocenters. The summed E-state index contributed by atoms with van der Waals surface area (Å²) in [5, 5.41) is 3.26. The van der Waals surface area contributed by atoms with Crippen LogP contribution in [-0.4, -0.2) is 51.2 Å². The summed E-state index contributed by atoms with van der Waals surface area (Å²) in [4.78, 5) is 4.86. The molecule has 0 radical (unpaired) electrons. The lowest BCUT2D eigenvalue weighted by atomic mass is 9.92. The van der Waals surface area contributed by atoms with E-state index in [0.717, 1.165) is 45.0 Å². The minimum absolute atomic E-state index is 0.166. The van der Waals surface area contributed by atoms with Crippen LogP contribution >= 0.6 is 0 Å². The molecule has 0 aliphatic carbocycles. The van der Waals surface area contributed by atoms with E-state index in [1.165, 1.54) is 12.1 Å². The second-order valence-corrected chi connectivity index (χ2v) is 6.43. The van der Waals surface area contributed by atoms with Gasteiger partial charge in [-0.2, -0.15) is 0 Å². The second kappa shape index (κ2) is 6.55. The van der Waals surface area contributed by atoms with E-state index in [1.54, 1.807) is 0 Å². The third-order valence-corrected chi connectivity index (χ3v) is 3.87. The number of anilines is 1. The topological polar surface area (TPSA) is 18.5 Å². The van der Waals surface area contributed by atoms with Gasteiger partial charge in [0.25, 0.3) is 0 Å². The van der Waals surface area contributed by atoms with Crippen LogP contribution in [0, 0.1) is 11.2 Å². The Hall–Kier alpha value is -1.13. The Kier molecular flexibility index (Phi) is 5.00. The van der Waals surface area contributed by atoms with E-state index < -0.39 is 0 Å². The van der Waals surface area contributed by atoms with Crippen molar-refractivity contribution in [3.63, 3.8) is 0 Å². The van der Waals surface area contributed by atoms with Gasteiger partial charge in [-0.1, -0.05) is 13.8 Å². The Morgan fingerprint density at radius 1 is 1.10 bits per heavy atom. The number of benzene rings is 1. The predicted molar refractivity (Wildman–Crippen MR) is 82.8 cm³/mol. The highest BCUT2D eigenvalue weighted by Crippen LogP contribution is 2.20. The Morgan fingerprint density at radius 2 is 1.70 bits per heavy atom. The van der Waals surface area contributed by atoms with Gasteiger partial charge in [-0.05, 0) is 36.7 Å². The van der Waals surface area contributed by atoms with Gasteiger partial charge in [0.15, 0.2) is 0 Å². The van der Waals surface area contributed by atoms with Crippen molar-refractivity contribution in [3.05, 3.63) is 30.1 Å².